The minimum absolute atomic E-state index is 0.00184. The number of rotatable bonds is 6. The van der Waals surface area contributed by atoms with Gasteiger partial charge in [-0.3, -0.25) is 14.4 Å². The lowest BCUT2D eigenvalue weighted by atomic mass is 10.2. The predicted octanol–water partition coefficient (Wildman–Crippen LogP) is 2.63. The van der Waals surface area contributed by atoms with Crippen molar-refractivity contribution >= 4 is 33.4 Å². The van der Waals surface area contributed by atoms with E-state index in [9.17, 15) is 22.4 Å². The predicted molar refractivity (Wildman–Crippen MR) is 117 cm³/mol. The van der Waals surface area contributed by atoms with E-state index in [1.807, 2.05) is 0 Å². The standard InChI is InChI=1S/C21H19FN4O6S/c22-13-3-6-16(7-4-13)33(30,31)26-12-15(11-24-20(27)17-2-1-9-23-17)32-19-8-5-14(10-18(19)26)25-21(28)29/h1-10,15,23,25H,11-12H2,(H,24,27)(H,28,29). The molecule has 172 valence electrons. The van der Waals surface area contributed by atoms with Crippen LogP contribution in [0.5, 0.6) is 5.75 Å². The van der Waals surface area contributed by atoms with Crippen molar-refractivity contribution in [3.8, 4) is 5.75 Å². The van der Waals surface area contributed by atoms with E-state index in [1.54, 1.807) is 18.3 Å². The number of H-pyrrole nitrogens is 1. The molecule has 0 spiro atoms. The normalized spacial score (nSPS) is 15.3. The lowest BCUT2D eigenvalue weighted by Crippen LogP contribution is -2.48. The van der Waals surface area contributed by atoms with Gasteiger partial charge >= 0.3 is 6.09 Å². The number of anilines is 2. The van der Waals surface area contributed by atoms with E-state index in [0.29, 0.717) is 5.69 Å². The van der Waals surface area contributed by atoms with E-state index >= 15 is 0 Å². The Hall–Kier alpha value is -4.06. The average molecular weight is 474 g/mol. The molecule has 0 saturated heterocycles. The van der Waals surface area contributed by atoms with Crippen molar-refractivity contribution in [1.29, 1.82) is 0 Å². The topological polar surface area (TPSA) is 141 Å². The quantitative estimate of drug-likeness (QED) is 0.433. The van der Waals surface area contributed by atoms with Gasteiger partial charge in [-0.15, -0.1) is 0 Å². The van der Waals surface area contributed by atoms with Gasteiger partial charge in [0.15, 0.2) is 0 Å². The zero-order valence-corrected chi connectivity index (χ0v) is 17.8. The molecule has 1 atom stereocenters. The smallest absolute Gasteiger partial charge is 0.409 e. The number of benzene rings is 2. The van der Waals surface area contributed by atoms with Crippen LogP contribution in [0.4, 0.5) is 20.6 Å². The van der Waals surface area contributed by atoms with Crippen molar-refractivity contribution in [2.75, 3.05) is 22.7 Å². The Kier molecular flexibility index (Phi) is 5.92. The third kappa shape index (κ3) is 4.75. The lowest BCUT2D eigenvalue weighted by molar-refractivity contribution is 0.0923. The fourth-order valence-electron chi connectivity index (χ4n) is 3.35. The molecule has 0 fully saturated rings. The van der Waals surface area contributed by atoms with Gasteiger partial charge in [-0.05, 0) is 54.6 Å². The Bertz CT molecular complexity index is 1280. The SMILES string of the molecule is O=C(O)Nc1ccc2c(c1)N(S(=O)(=O)c1ccc(F)cc1)CC(CNC(=O)c1ccc[nH]1)O2. The number of carbonyl (C=O) groups excluding carboxylic acids is 1. The van der Waals surface area contributed by atoms with Crippen LogP contribution in [0, 0.1) is 5.82 Å². The van der Waals surface area contributed by atoms with E-state index in [-0.39, 0.29) is 41.0 Å². The number of carboxylic acid groups (broad SMARTS) is 1. The van der Waals surface area contributed by atoms with Crippen LogP contribution in [-0.2, 0) is 10.0 Å². The Labute approximate surface area is 188 Å². The van der Waals surface area contributed by atoms with Gasteiger partial charge in [-0.2, -0.15) is 0 Å². The fraction of sp³-hybridized carbons (Fsp3) is 0.143. The molecule has 12 heteroatoms. The second-order valence-electron chi connectivity index (χ2n) is 7.14. The first-order chi connectivity index (χ1) is 15.7. The summed E-state index contributed by atoms with van der Waals surface area (Å²) in [6.07, 6.45) is -0.461. The van der Waals surface area contributed by atoms with Crippen molar-refractivity contribution in [3.63, 3.8) is 0 Å². The second-order valence-corrected chi connectivity index (χ2v) is 9.00. The van der Waals surface area contributed by atoms with Crippen molar-refractivity contribution < 1.29 is 32.2 Å². The Morgan fingerprint density at radius 1 is 1.18 bits per heavy atom. The monoisotopic (exact) mass is 474 g/mol. The molecule has 10 nitrogen and oxygen atoms in total. The number of fused-ring (bicyclic) bond motifs is 1. The molecule has 2 amide bonds. The minimum Gasteiger partial charge on any atom is -0.484 e. The number of aromatic amines is 1. The summed E-state index contributed by atoms with van der Waals surface area (Å²) in [5.74, 6) is -0.792. The van der Waals surface area contributed by atoms with Gasteiger partial charge in [0.05, 0.1) is 23.7 Å². The van der Waals surface area contributed by atoms with Crippen LogP contribution in [0.1, 0.15) is 10.5 Å². The van der Waals surface area contributed by atoms with E-state index in [2.05, 4.69) is 15.6 Å². The number of hydrogen-bond donors (Lipinski definition) is 4. The van der Waals surface area contributed by atoms with Gasteiger partial charge in [0, 0.05) is 11.9 Å². The molecule has 4 rings (SSSR count). The maximum atomic E-state index is 13.4. The molecule has 1 aliphatic rings. The first-order valence-corrected chi connectivity index (χ1v) is 11.2. The summed E-state index contributed by atoms with van der Waals surface area (Å²) in [6, 6.07) is 11.8. The molecule has 1 aromatic heterocycles. The third-order valence-electron chi connectivity index (χ3n) is 4.88. The number of aromatic nitrogens is 1. The number of amides is 2. The molecule has 0 aliphatic carbocycles. The molecule has 2 aromatic carbocycles. The summed E-state index contributed by atoms with van der Waals surface area (Å²) in [7, 11) is -4.16. The lowest BCUT2D eigenvalue weighted by Gasteiger charge is -2.35. The van der Waals surface area contributed by atoms with Crippen molar-refractivity contribution in [2.45, 2.75) is 11.0 Å². The van der Waals surface area contributed by atoms with Crippen molar-refractivity contribution in [2.24, 2.45) is 0 Å². The van der Waals surface area contributed by atoms with E-state index < -0.39 is 28.0 Å². The summed E-state index contributed by atoms with van der Waals surface area (Å²) in [6.45, 7) is -0.171. The van der Waals surface area contributed by atoms with Gasteiger partial charge in [-0.25, -0.2) is 17.6 Å². The minimum atomic E-state index is -4.16. The maximum absolute atomic E-state index is 13.4. The van der Waals surface area contributed by atoms with Crippen LogP contribution in [-0.4, -0.2) is 49.7 Å². The molecule has 1 aliphatic heterocycles. The number of hydrogen-bond acceptors (Lipinski definition) is 5. The van der Waals surface area contributed by atoms with Gasteiger partial charge in [0.25, 0.3) is 15.9 Å². The highest BCUT2D eigenvalue weighted by Crippen LogP contribution is 2.39. The Balaban J connectivity index is 1.65. The summed E-state index contributed by atoms with van der Waals surface area (Å²) in [5, 5.41) is 13.8. The van der Waals surface area contributed by atoms with Crippen LogP contribution in [0.25, 0.3) is 0 Å². The molecule has 0 bridgehead atoms. The maximum Gasteiger partial charge on any atom is 0.409 e. The molecule has 4 N–H and O–H groups in total. The number of halogens is 1. The van der Waals surface area contributed by atoms with Crippen LogP contribution < -0.4 is 19.7 Å². The largest absolute Gasteiger partial charge is 0.484 e. The fourth-order valence-corrected chi connectivity index (χ4v) is 4.85. The van der Waals surface area contributed by atoms with Crippen LogP contribution in [0.15, 0.2) is 65.7 Å². The first kappa shape index (κ1) is 22.1. The highest BCUT2D eigenvalue weighted by molar-refractivity contribution is 7.92. The molecule has 2 heterocycles. The average Bonchev–Trinajstić information content (AvgIpc) is 3.32. The van der Waals surface area contributed by atoms with Crippen molar-refractivity contribution in [1.82, 2.24) is 10.3 Å². The summed E-state index contributed by atoms with van der Waals surface area (Å²) < 4.78 is 47.0. The van der Waals surface area contributed by atoms with E-state index in [1.165, 1.54) is 18.2 Å². The second kappa shape index (κ2) is 8.82. The highest BCUT2D eigenvalue weighted by atomic mass is 32.2. The van der Waals surface area contributed by atoms with Crippen LogP contribution in [0.2, 0.25) is 0 Å². The number of nitrogens with zero attached hydrogens (tertiary/aromatic N) is 1. The van der Waals surface area contributed by atoms with E-state index in [0.717, 1.165) is 28.6 Å². The van der Waals surface area contributed by atoms with Gasteiger partial charge in [0.1, 0.15) is 23.4 Å². The van der Waals surface area contributed by atoms with Crippen LogP contribution >= 0.6 is 0 Å². The van der Waals surface area contributed by atoms with E-state index in [4.69, 9.17) is 9.84 Å². The Morgan fingerprint density at radius 2 is 1.94 bits per heavy atom. The number of carbonyl (C=O) groups is 2. The third-order valence-corrected chi connectivity index (χ3v) is 6.67. The number of sulfonamides is 1. The highest BCUT2D eigenvalue weighted by Gasteiger charge is 2.35. The van der Waals surface area contributed by atoms with Gasteiger partial charge in [0.2, 0.25) is 0 Å². The number of nitrogens with one attached hydrogen (secondary N) is 3. The van der Waals surface area contributed by atoms with Crippen molar-refractivity contribution in [3.05, 3.63) is 72.3 Å². The molecule has 1 unspecified atom stereocenters. The van der Waals surface area contributed by atoms with Gasteiger partial charge < -0.3 is 20.1 Å². The summed E-state index contributed by atoms with van der Waals surface area (Å²) in [4.78, 5) is 25.9. The number of ether oxygens (including phenoxy) is 1. The molecule has 0 saturated carbocycles. The van der Waals surface area contributed by atoms with Crippen LogP contribution in [0.3, 0.4) is 0 Å². The zero-order valence-electron chi connectivity index (χ0n) is 17.0. The summed E-state index contributed by atoms with van der Waals surface area (Å²) in [5.41, 5.74) is 0.589. The molecular weight excluding hydrogens is 455 g/mol. The molecule has 0 radical (unpaired) electrons. The first-order valence-electron chi connectivity index (χ1n) is 9.74. The molecule has 33 heavy (non-hydrogen) atoms. The molecule has 3 aromatic rings. The Morgan fingerprint density at radius 3 is 2.61 bits per heavy atom. The van der Waals surface area contributed by atoms with Gasteiger partial charge in [-0.1, -0.05) is 0 Å². The zero-order chi connectivity index (χ0) is 23.6. The molecular formula is C21H19FN4O6S. The summed E-state index contributed by atoms with van der Waals surface area (Å²) >= 11 is 0.